The SMILES string of the molecule is O=S(=O)(Cl)c1nnc(C(F)F)n1-c1ccccc1. The number of alkyl halides is 2. The van der Waals surface area contributed by atoms with E-state index < -0.39 is 26.5 Å². The summed E-state index contributed by atoms with van der Waals surface area (Å²) in [5.41, 5.74) is 0.192. The van der Waals surface area contributed by atoms with Crippen molar-refractivity contribution in [3.8, 4) is 5.69 Å². The molecule has 0 saturated heterocycles. The Bertz CT molecular complexity index is 658. The Morgan fingerprint density at radius 2 is 1.78 bits per heavy atom. The zero-order valence-corrected chi connectivity index (χ0v) is 10.2. The van der Waals surface area contributed by atoms with E-state index in [2.05, 4.69) is 10.2 Å². The van der Waals surface area contributed by atoms with Crippen LogP contribution < -0.4 is 0 Å². The first-order valence-electron chi connectivity index (χ1n) is 4.65. The van der Waals surface area contributed by atoms with Crippen molar-refractivity contribution < 1.29 is 17.2 Å². The molecule has 0 aliphatic carbocycles. The van der Waals surface area contributed by atoms with Crippen LogP contribution in [-0.4, -0.2) is 23.2 Å². The van der Waals surface area contributed by atoms with Crippen molar-refractivity contribution in [2.45, 2.75) is 11.6 Å². The van der Waals surface area contributed by atoms with Crippen LogP contribution in [0.3, 0.4) is 0 Å². The molecule has 0 saturated carbocycles. The number of hydrogen-bond acceptors (Lipinski definition) is 4. The van der Waals surface area contributed by atoms with E-state index >= 15 is 0 Å². The molecular weight excluding hydrogens is 288 g/mol. The molecule has 0 aliphatic rings. The van der Waals surface area contributed by atoms with Crippen molar-refractivity contribution in [3.05, 3.63) is 36.2 Å². The van der Waals surface area contributed by atoms with E-state index in [0.29, 0.717) is 4.57 Å². The molecule has 96 valence electrons. The Balaban J connectivity index is 2.74. The summed E-state index contributed by atoms with van der Waals surface area (Å²) in [6.07, 6.45) is -2.97. The molecule has 18 heavy (non-hydrogen) atoms. The minimum Gasteiger partial charge on any atom is -0.264 e. The molecule has 1 heterocycles. The summed E-state index contributed by atoms with van der Waals surface area (Å²) < 4.78 is 48.7. The fourth-order valence-electron chi connectivity index (χ4n) is 1.40. The van der Waals surface area contributed by atoms with Crippen LogP contribution in [0.25, 0.3) is 5.69 Å². The topological polar surface area (TPSA) is 64.8 Å². The lowest BCUT2D eigenvalue weighted by molar-refractivity contribution is 0.137. The molecule has 5 nitrogen and oxygen atoms in total. The first-order valence-corrected chi connectivity index (χ1v) is 6.95. The summed E-state index contributed by atoms with van der Waals surface area (Å²) in [5.74, 6) is -0.777. The quantitative estimate of drug-likeness (QED) is 0.813. The first-order chi connectivity index (χ1) is 8.41. The number of rotatable bonds is 3. The molecule has 0 atom stereocenters. The molecular formula is C9H6ClF2N3O2S. The minimum atomic E-state index is -4.27. The molecule has 0 fully saturated rings. The van der Waals surface area contributed by atoms with Crippen LogP contribution in [0.15, 0.2) is 35.5 Å². The second-order valence-corrected chi connectivity index (χ2v) is 5.71. The van der Waals surface area contributed by atoms with Crippen molar-refractivity contribution in [3.63, 3.8) is 0 Å². The van der Waals surface area contributed by atoms with Crippen LogP contribution in [0.5, 0.6) is 0 Å². The molecule has 0 spiro atoms. The van der Waals surface area contributed by atoms with Gasteiger partial charge in [-0.15, -0.1) is 10.2 Å². The summed E-state index contributed by atoms with van der Waals surface area (Å²) >= 11 is 0. The highest BCUT2D eigenvalue weighted by Crippen LogP contribution is 2.25. The highest BCUT2D eigenvalue weighted by Gasteiger charge is 2.27. The molecule has 0 aliphatic heterocycles. The van der Waals surface area contributed by atoms with Gasteiger partial charge in [0.05, 0.1) is 0 Å². The maximum atomic E-state index is 12.8. The van der Waals surface area contributed by atoms with E-state index in [4.69, 9.17) is 10.7 Å². The second-order valence-electron chi connectivity index (χ2n) is 3.25. The van der Waals surface area contributed by atoms with Gasteiger partial charge in [-0.2, -0.15) is 0 Å². The third-order valence-electron chi connectivity index (χ3n) is 2.09. The van der Waals surface area contributed by atoms with E-state index in [-0.39, 0.29) is 5.69 Å². The van der Waals surface area contributed by atoms with Gasteiger partial charge in [0.2, 0.25) is 5.82 Å². The van der Waals surface area contributed by atoms with Gasteiger partial charge < -0.3 is 0 Å². The fourth-order valence-corrected chi connectivity index (χ4v) is 2.26. The highest BCUT2D eigenvalue weighted by molar-refractivity contribution is 8.13. The number of para-hydroxylation sites is 1. The second kappa shape index (κ2) is 4.62. The Morgan fingerprint density at radius 3 is 2.28 bits per heavy atom. The summed E-state index contributed by atoms with van der Waals surface area (Å²) in [6, 6.07) is 7.68. The largest absolute Gasteiger partial charge is 0.297 e. The van der Waals surface area contributed by atoms with Gasteiger partial charge >= 0.3 is 0 Å². The molecule has 1 aromatic heterocycles. The van der Waals surface area contributed by atoms with E-state index in [1.54, 1.807) is 18.2 Å². The van der Waals surface area contributed by atoms with Crippen molar-refractivity contribution in [2.24, 2.45) is 0 Å². The highest BCUT2D eigenvalue weighted by atomic mass is 35.7. The Hall–Kier alpha value is -1.54. The molecule has 0 amide bonds. The van der Waals surface area contributed by atoms with Gasteiger partial charge in [-0.25, -0.2) is 17.2 Å². The molecule has 1 aromatic carbocycles. The van der Waals surface area contributed by atoms with Gasteiger partial charge in [0.25, 0.3) is 20.6 Å². The standard InChI is InChI=1S/C9H6ClF2N3O2S/c10-18(16,17)9-14-13-8(7(11)12)15(9)6-4-2-1-3-5-6/h1-5,7H. The van der Waals surface area contributed by atoms with E-state index in [9.17, 15) is 17.2 Å². The molecule has 2 aromatic rings. The molecule has 9 heteroatoms. The number of benzene rings is 1. The smallest absolute Gasteiger partial charge is 0.264 e. The number of halogens is 3. The van der Waals surface area contributed by atoms with Crippen molar-refractivity contribution in [1.29, 1.82) is 0 Å². The molecule has 0 radical (unpaired) electrons. The zero-order chi connectivity index (χ0) is 13.3. The van der Waals surface area contributed by atoms with Crippen molar-refractivity contribution in [1.82, 2.24) is 14.8 Å². The molecule has 0 bridgehead atoms. The lowest BCUT2D eigenvalue weighted by Gasteiger charge is -2.07. The Labute approximate surface area is 105 Å². The normalized spacial score (nSPS) is 12.0. The van der Waals surface area contributed by atoms with Gasteiger partial charge in [-0.3, -0.25) is 4.57 Å². The number of hydrogen-bond donors (Lipinski definition) is 0. The average Bonchev–Trinajstić information content (AvgIpc) is 2.74. The third-order valence-corrected chi connectivity index (χ3v) is 3.20. The van der Waals surface area contributed by atoms with Gasteiger partial charge in [-0.05, 0) is 12.1 Å². The Kier molecular flexibility index (Phi) is 3.31. The summed E-state index contributed by atoms with van der Waals surface area (Å²) in [5, 5.41) is 5.63. The van der Waals surface area contributed by atoms with E-state index in [1.165, 1.54) is 12.1 Å². The van der Waals surface area contributed by atoms with Gasteiger partial charge in [0, 0.05) is 16.4 Å². The number of aromatic nitrogens is 3. The van der Waals surface area contributed by atoms with Crippen LogP contribution >= 0.6 is 10.7 Å². The predicted molar refractivity (Wildman–Crippen MR) is 59.4 cm³/mol. The van der Waals surface area contributed by atoms with Crippen LogP contribution in [-0.2, 0) is 9.05 Å². The van der Waals surface area contributed by atoms with E-state index in [1.807, 2.05) is 0 Å². The summed E-state index contributed by atoms with van der Waals surface area (Å²) in [7, 11) is 0.870. The van der Waals surface area contributed by atoms with Gasteiger partial charge in [0.15, 0.2) is 0 Å². The lowest BCUT2D eigenvalue weighted by atomic mass is 10.3. The maximum absolute atomic E-state index is 12.8. The lowest BCUT2D eigenvalue weighted by Crippen LogP contribution is -2.07. The van der Waals surface area contributed by atoms with Crippen LogP contribution in [0.4, 0.5) is 8.78 Å². The monoisotopic (exact) mass is 293 g/mol. The fraction of sp³-hybridized carbons (Fsp3) is 0.111. The van der Waals surface area contributed by atoms with Crippen LogP contribution in [0, 0.1) is 0 Å². The van der Waals surface area contributed by atoms with Crippen molar-refractivity contribution >= 4 is 19.7 Å². The molecule has 0 unspecified atom stereocenters. The van der Waals surface area contributed by atoms with Crippen LogP contribution in [0.1, 0.15) is 12.2 Å². The summed E-state index contributed by atoms with van der Waals surface area (Å²) in [6.45, 7) is 0. The van der Waals surface area contributed by atoms with Gasteiger partial charge in [0.1, 0.15) is 0 Å². The third kappa shape index (κ3) is 2.34. The maximum Gasteiger partial charge on any atom is 0.297 e. The predicted octanol–water partition coefficient (Wildman–Crippen LogP) is 2.13. The summed E-state index contributed by atoms with van der Waals surface area (Å²) in [4.78, 5) is 0. The van der Waals surface area contributed by atoms with Crippen LogP contribution in [0.2, 0.25) is 0 Å². The first kappa shape index (κ1) is 12.9. The average molecular weight is 294 g/mol. The Morgan fingerprint density at radius 1 is 1.17 bits per heavy atom. The molecule has 0 N–H and O–H groups in total. The molecule has 2 rings (SSSR count). The van der Waals surface area contributed by atoms with Gasteiger partial charge in [-0.1, -0.05) is 18.2 Å². The van der Waals surface area contributed by atoms with E-state index in [0.717, 1.165) is 0 Å². The number of nitrogens with zero attached hydrogens (tertiary/aromatic N) is 3. The zero-order valence-electron chi connectivity index (χ0n) is 8.66. The van der Waals surface area contributed by atoms with Crippen molar-refractivity contribution in [2.75, 3.05) is 0 Å². The minimum absolute atomic E-state index is 0.192.